The molecular formula is C16H20N2OS. The lowest BCUT2D eigenvalue weighted by atomic mass is 9.86. The van der Waals surface area contributed by atoms with Crippen molar-refractivity contribution in [1.29, 1.82) is 0 Å². The van der Waals surface area contributed by atoms with E-state index in [4.69, 9.17) is 9.72 Å². The van der Waals surface area contributed by atoms with E-state index in [1.807, 2.05) is 7.05 Å². The van der Waals surface area contributed by atoms with Crippen LogP contribution in [0.15, 0.2) is 24.3 Å². The van der Waals surface area contributed by atoms with Gasteiger partial charge in [-0.1, -0.05) is 31.2 Å². The molecule has 1 aliphatic heterocycles. The van der Waals surface area contributed by atoms with Crippen molar-refractivity contribution in [1.82, 2.24) is 10.3 Å². The van der Waals surface area contributed by atoms with Crippen LogP contribution in [-0.4, -0.2) is 18.6 Å². The number of thiazole rings is 1. The van der Waals surface area contributed by atoms with Gasteiger partial charge in [0.15, 0.2) is 0 Å². The highest BCUT2D eigenvalue weighted by Gasteiger charge is 2.40. The SMILES string of the molecule is CCc1nc(C2(NC)COCc3ccccc32)sc1C. The summed E-state index contributed by atoms with van der Waals surface area (Å²) in [5, 5.41) is 4.59. The highest BCUT2D eigenvalue weighted by atomic mass is 32.1. The second kappa shape index (κ2) is 5.28. The van der Waals surface area contributed by atoms with Crippen molar-refractivity contribution < 1.29 is 4.74 Å². The summed E-state index contributed by atoms with van der Waals surface area (Å²) in [6.07, 6.45) is 0.977. The number of nitrogens with one attached hydrogen (secondary N) is 1. The summed E-state index contributed by atoms with van der Waals surface area (Å²) in [4.78, 5) is 6.18. The van der Waals surface area contributed by atoms with Crippen LogP contribution in [0.3, 0.4) is 0 Å². The molecule has 4 heteroatoms. The Hall–Kier alpha value is -1.23. The molecule has 0 aliphatic carbocycles. The normalized spacial score (nSPS) is 21.8. The van der Waals surface area contributed by atoms with Gasteiger partial charge < -0.3 is 10.1 Å². The Bertz CT molecular complexity index is 623. The second-order valence-corrected chi connectivity index (χ2v) is 6.38. The molecule has 106 valence electrons. The minimum absolute atomic E-state index is 0.308. The van der Waals surface area contributed by atoms with Crippen LogP contribution in [0.25, 0.3) is 0 Å². The molecule has 2 aromatic rings. The number of likely N-dealkylation sites (N-methyl/N-ethyl adjacent to an activating group) is 1. The van der Waals surface area contributed by atoms with Gasteiger partial charge in [0.2, 0.25) is 0 Å². The molecule has 1 aliphatic rings. The molecule has 2 heterocycles. The van der Waals surface area contributed by atoms with Crippen molar-refractivity contribution in [2.75, 3.05) is 13.7 Å². The molecule has 3 rings (SSSR count). The Kier molecular flexibility index (Phi) is 3.63. The van der Waals surface area contributed by atoms with Crippen LogP contribution in [0.5, 0.6) is 0 Å². The van der Waals surface area contributed by atoms with Crippen LogP contribution in [0.4, 0.5) is 0 Å². The van der Waals surface area contributed by atoms with E-state index in [2.05, 4.69) is 43.4 Å². The van der Waals surface area contributed by atoms with Gasteiger partial charge in [0, 0.05) is 4.88 Å². The summed E-state index contributed by atoms with van der Waals surface area (Å²) in [5.74, 6) is 0. The molecule has 0 bridgehead atoms. The number of benzene rings is 1. The zero-order valence-electron chi connectivity index (χ0n) is 12.2. The van der Waals surface area contributed by atoms with Crippen LogP contribution < -0.4 is 5.32 Å². The van der Waals surface area contributed by atoms with E-state index in [0.717, 1.165) is 11.4 Å². The van der Waals surface area contributed by atoms with E-state index in [1.54, 1.807) is 11.3 Å². The molecule has 1 aromatic carbocycles. The summed E-state index contributed by atoms with van der Waals surface area (Å²) >= 11 is 1.78. The molecule has 3 nitrogen and oxygen atoms in total. The van der Waals surface area contributed by atoms with E-state index >= 15 is 0 Å². The summed E-state index contributed by atoms with van der Waals surface area (Å²) < 4.78 is 5.84. The number of aryl methyl sites for hydroxylation is 2. The number of hydrogen-bond donors (Lipinski definition) is 1. The fourth-order valence-electron chi connectivity index (χ4n) is 2.88. The second-order valence-electron chi connectivity index (χ2n) is 5.18. The number of hydrogen-bond acceptors (Lipinski definition) is 4. The molecule has 0 amide bonds. The lowest BCUT2D eigenvalue weighted by Crippen LogP contribution is -2.48. The number of fused-ring (bicyclic) bond motifs is 1. The highest BCUT2D eigenvalue weighted by Crippen LogP contribution is 2.38. The van der Waals surface area contributed by atoms with Crippen LogP contribution in [-0.2, 0) is 23.3 Å². The number of rotatable bonds is 3. The maximum absolute atomic E-state index is 5.84. The molecule has 1 unspecified atom stereocenters. The summed E-state index contributed by atoms with van der Waals surface area (Å²) in [7, 11) is 1.99. The third kappa shape index (κ3) is 1.99. The minimum Gasteiger partial charge on any atom is -0.374 e. The van der Waals surface area contributed by atoms with Crippen molar-refractivity contribution in [2.24, 2.45) is 0 Å². The molecule has 0 fully saturated rings. The zero-order valence-corrected chi connectivity index (χ0v) is 13.0. The molecule has 0 saturated heterocycles. The third-order valence-electron chi connectivity index (χ3n) is 4.07. The van der Waals surface area contributed by atoms with Crippen LogP contribution in [0.1, 0.15) is 33.6 Å². The monoisotopic (exact) mass is 288 g/mol. The predicted molar refractivity (Wildman–Crippen MR) is 82.2 cm³/mol. The fraction of sp³-hybridized carbons (Fsp3) is 0.438. The Labute approximate surface area is 124 Å². The molecule has 1 aromatic heterocycles. The average molecular weight is 288 g/mol. The first kappa shape index (κ1) is 13.7. The quantitative estimate of drug-likeness (QED) is 0.942. The summed E-state index contributed by atoms with van der Waals surface area (Å²) in [6.45, 7) is 5.63. The lowest BCUT2D eigenvalue weighted by Gasteiger charge is -2.37. The largest absolute Gasteiger partial charge is 0.374 e. The van der Waals surface area contributed by atoms with Gasteiger partial charge in [-0.15, -0.1) is 11.3 Å². The maximum atomic E-state index is 5.84. The average Bonchev–Trinajstić information content (AvgIpc) is 2.88. The van der Waals surface area contributed by atoms with Crippen molar-refractivity contribution in [3.05, 3.63) is 51.0 Å². The van der Waals surface area contributed by atoms with Gasteiger partial charge >= 0.3 is 0 Å². The third-order valence-corrected chi connectivity index (χ3v) is 5.25. The van der Waals surface area contributed by atoms with E-state index in [-0.39, 0.29) is 5.54 Å². The molecule has 1 N–H and O–H groups in total. The minimum atomic E-state index is -0.308. The van der Waals surface area contributed by atoms with E-state index < -0.39 is 0 Å². The van der Waals surface area contributed by atoms with Gasteiger partial charge in [0.1, 0.15) is 10.5 Å². The highest BCUT2D eigenvalue weighted by molar-refractivity contribution is 7.11. The topological polar surface area (TPSA) is 34.2 Å². The van der Waals surface area contributed by atoms with Gasteiger partial charge in [-0.05, 0) is 31.5 Å². The molecule has 0 radical (unpaired) electrons. The lowest BCUT2D eigenvalue weighted by molar-refractivity contribution is 0.0554. The molecule has 1 atom stereocenters. The fourth-order valence-corrected chi connectivity index (χ4v) is 4.08. The van der Waals surface area contributed by atoms with Crippen LogP contribution >= 0.6 is 11.3 Å². The van der Waals surface area contributed by atoms with Gasteiger partial charge in [0.05, 0.1) is 18.9 Å². The first-order chi connectivity index (χ1) is 9.71. The molecule has 0 saturated carbocycles. The predicted octanol–water partition coefficient (Wildman–Crippen LogP) is 3.01. The molecule has 0 spiro atoms. The standard InChI is InChI=1S/C16H20N2OS/c1-4-14-11(2)20-15(18-14)16(17-3)10-19-9-12-7-5-6-8-13(12)16/h5-8,17H,4,9-10H2,1-3H3. The summed E-state index contributed by atoms with van der Waals surface area (Å²) in [5.41, 5.74) is 3.43. The number of aromatic nitrogens is 1. The zero-order chi connectivity index (χ0) is 14.2. The van der Waals surface area contributed by atoms with E-state index in [1.165, 1.54) is 21.7 Å². The van der Waals surface area contributed by atoms with Gasteiger partial charge in [-0.3, -0.25) is 0 Å². The Morgan fingerprint density at radius 1 is 1.40 bits per heavy atom. The van der Waals surface area contributed by atoms with Gasteiger partial charge in [0.25, 0.3) is 0 Å². The van der Waals surface area contributed by atoms with Crippen molar-refractivity contribution in [2.45, 2.75) is 32.4 Å². The van der Waals surface area contributed by atoms with Gasteiger partial charge in [-0.2, -0.15) is 0 Å². The number of ether oxygens (including phenoxy) is 1. The van der Waals surface area contributed by atoms with Crippen LogP contribution in [0, 0.1) is 6.92 Å². The van der Waals surface area contributed by atoms with Gasteiger partial charge in [-0.25, -0.2) is 4.98 Å². The smallest absolute Gasteiger partial charge is 0.120 e. The molecule has 20 heavy (non-hydrogen) atoms. The van der Waals surface area contributed by atoms with Crippen LogP contribution in [0.2, 0.25) is 0 Å². The Morgan fingerprint density at radius 2 is 2.20 bits per heavy atom. The molecular weight excluding hydrogens is 268 g/mol. The number of nitrogens with zero attached hydrogens (tertiary/aromatic N) is 1. The van der Waals surface area contributed by atoms with E-state index in [9.17, 15) is 0 Å². The van der Waals surface area contributed by atoms with E-state index in [0.29, 0.717) is 13.2 Å². The Morgan fingerprint density at radius 3 is 2.90 bits per heavy atom. The summed E-state index contributed by atoms with van der Waals surface area (Å²) in [6, 6.07) is 8.49. The van der Waals surface area contributed by atoms with Crippen molar-refractivity contribution in [3.8, 4) is 0 Å². The van der Waals surface area contributed by atoms with Crippen molar-refractivity contribution >= 4 is 11.3 Å². The first-order valence-corrected chi connectivity index (χ1v) is 7.84. The Balaban J connectivity index is 2.17. The first-order valence-electron chi connectivity index (χ1n) is 7.03. The van der Waals surface area contributed by atoms with Crippen molar-refractivity contribution in [3.63, 3.8) is 0 Å². The maximum Gasteiger partial charge on any atom is 0.120 e.